The quantitative estimate of drug-likeness (QED) is 0.739. The van der Waals surface area contributed by atoms with Gasteiger partial charge in [-0.15, -0.1) is 5.10 Å². The zero-order valence-corrected chi connectivity index (χ0v) is 7.29. The molecule has 0 saturated carbocycles. The molecule has 14 heavy (non-hydrogen) atoms. The fourth-order valence-electron chi connectivity index (χ4n) is 1.12. The van der Waals surface area contributed by atoms with Gasteiger partial charge in [0.15, 0.2) is 0 Å². The van der Waals surface area contributed by atoms with Crippen molar-refractivity contribution in [3.05, 3.63) is 42.2 Å². The predicted molar refractivity (Wildman–Crippen MR) is 49.9 cm³/mol. The zero-order chi connectivity index (χ0) is 9.97. The van der Waals surface area contributed by atoms with Crippen molar-refractivity contribution in [3.8, 4) is 5.69 Å². The molecule has 0 aliphatic carbocycles. The molecule has 0 radical (unpaired) electrons. The Hall–Kier alpha value is -2.17. The number of hydrogen-bond acceptors (Lipinski definition) is 3. The molecule has 5 nitrogen and oxygen atoms in total. The molecule has 2 aromatic rings. The fraction of sp³-hybridized carbons (Fsp3) is 0. The van der Waals surface area contributed by atoms with E-state index in [1.807, 2.05) is 0 Å². The van der Waals surface area contributed by atoms with Gasteiger partial charge in [-0.1, -0.05) is 5.21 Å². The maximum atomic E-state index is 10.8. The van der Waals surface area contributed by atoms with Gasteiger partial charge in [0.2, 0.25) is 5.91 Å². The first-order chi connectivity index (χ1) is 6.77. The number of primary amides is 1. The van der Waals surface area contributed by atoms with Crippen LogP contribution < -0.4 is 5.73 Å². The first-order valence-corrected chi connectivity index (χ1v) is 4.04. The minimum absolute atomic E-state index is 0.435. The Labute approximate surface area is 80.2 Å². The second kappa shape index (κ2) is 3.29. The standard InChI is InChI=1S/C9H8N4O/c10-9(14)7-1-3-8(4-2-7)13-6-5-11-12-13/h1-6H,(H2,10,14). The van der Waals surface area contributed by atoms with Crippen LogP contribution in [-0.4, -0.2) is 20.9 Å². The van der Waals surface area contributed by atoms with Crippen LogP contribution in [0.15, 0.2) is 36.7 Å². The molecule has 1 heterocycles. The Morgan fingerprint density at radius 3 is 2.50 bits per heavy atom. The van der Waals surface area contributed by atoms with Crippen LogP contribution in [0.25, 0.3) is 5.69 Å². The summed E-state index contributed by atoms with van der Waals surface area (Å²) in [6, 6.07) is 6.82. The first-order valence-electron chi connectivity index (χ1n) is 4.04. The Balaban J connectivity index is 2.36. The highest BCUT2D eigenvalue weighted by Crippen LogP contribution is 2.07. The molecule has 2 N–H and O–H groups in total. The molecule has 2 rings (SSSR count). The summed E-state index contributed by atoms with van der Waals surface area (Å²) in [5.41, 5.74) is 6.43. The molecule has 70 valence electrons. The van der Waals surface area contributed by atoms with E-state index in [4.69, 9.17) is 5.73 Å². The lowest BCUT2D eigenvalue weighted by molar-refractivity contribution is 0.100. The Kier molecular flexibility index (Phi) is 1.98. The summed E-state index contributed by atoms with van der Waals surface area (Å²) in [6.45, 7) is 0. The number of hydrogen-bond donors (Lipinski definition) is 1. The normalized spacial score (nSPS) is 10.0. The summed E-state index contributed by atoms with van der Waals surface area (Å²) in [6.07, 6.45) is 3.31. The van der Waals surface area contributed by atoms with Crippen LogP contribution in [-0.2, 0) is 0 Å². The minimum atomic E-state index is -0.435. The van der Waals surface area contributed by atoms with Crippen LogP contribution in [0.1, 0.15) is 10.4 Å². The van der Waals surface area contributed by atoms with Crippen molar-refractivity contribution in [2.75, 3.05) is 0 Å². The molecule has 1 aromatic carbocycles. The van der Waals surface area contributed by atoms with Gasteiger partial charge < -0.3 is 5.73 Å². The number of rotatable bonds is 2. The molecule has 0 bridgehead atoms. The summed E-state index contributed by atoms with van der Waals surface area (Å²) in [4.78, 5) is 10.8. The van der Waals surface area contributed by atoms with Crippen molar-refractivity contribution in [2.24, 2.45) is 5.73 Å². The summed E-state index contributed by atoms with van der Waals surface area (Å²) < 4.78 is 1.60. The van der Waals surface area contributed by atoms with Crippen molar-refractivity contribution in [1.82, 2.24) is 15.0 Å². The topological polar surface area (TPSA) is 73.8 Å². The smallest absolute Gasteiger partial charge is 0.248 e. The third kappa shape index (κ3) is 1.47. The molecule has 1 aromatic heterocycles. The van der Waals surface area contributed by atoms with Crippen LogP contribution >= 0.6 is 0 Å². The average molecular weight is 188 g/mol. The van der Waals surface area contributed by atoms with E-state index in [0.717, 1.165) is 5.69 Å². The lowest BCUT2D eigenvalue weighted by atomic mass is 10.2. The Morgan fingerprint density at radius 2 is 2.00 bits per heavy atom. The van der Waals surface area contributed by atoms with Crippen molar-refractivity contribution < 1.29 is 4.79 Å². The molecule has 0 aliphatic rings. The highest BCUT2D eigenvalue weighted by atomic mass is 16.1. The van der Waals surface area contributed by atoms with Crippen LogP contribution in [0.2, 0.25) is 0 Å². The van der Waals surface area contributed by atoms with Gasteiger partial charge in [-0.25, -0.2) is 4.68 Å². The second-order valence-electron chi connectivity index (χ2n) is 2.76. The van der Waals surface area contributed by atoms with Crippen LogP contribution in [0, 0.1) is 0 Å². The monoisotopic (exact) mass is 188 g/mol. The van der Waals surface area contributed by atoms with E-state index in [9.17, 15) is 4.79 Å². The molecular formula is C9H8N4O. The highest BCUT2D eigenvalue weighted by molar-refractivity contribution is 5.92. The van der Waals surface area contributed by atoms with E-state index in [2.05, 4.69) is 10.3 Å². The van der Waals surface area contributed by atoms with Gasteiger partial charge in [0, 0.05) is 5.56 Å². The summed E-state index contributed by atoms with van der Waals surface area (Å²) in [5, 5.41) is 7.49. The van der Waals surface area contributed by atoms with E-state index in [-0.39, 0.29) is 0 Å². The summed E-state index contributed by atoms with van der Waals surface area (Å²) >= 11 is 0. The van der Waals surface area contributed by atoms with Gasteiger partial charge in [-0.2, -0.15) is 0 Å². The van der Waals surface area contributed by atoms with Crippen LogP contribution in [0.3, 0.4) is 0 Å². The fourth-order valence-corrected chi connectivity index (χ4v) is 1.12. The van der Waals surface area contributed by atoms with E-state index in [1.54, 1.807) is 41.3 Å². The number of aromatic nitrogens is 3. The van der Waals surface area contributed by atoms with Gasteiger partial charge in [0.1, 0.15) is 0 Å². The van der Waals surface area contributed by atoms with E-state index < -0.39 is 5.91 Å². The predicted octanol–water partition coefficient (Wildman–Crippen LogP) is 0.366. The number of benzene rings is 1. The first kappa shape index (κ1) is 8.43. The lowest BCUT2D eigenvalue weighted by Gasteiger charge is -2.00. The molecule has 0 unspecified atom stereocenters. The minimum Gasteiger partial charge on any atom is -0.366 e. The van der Waals surface area contributed by atoms with Gasteiger partial charge in [-0.3, -0.25) is 4.79 Å². The number of nitrogens with zero attached hydrogens (tertiary/aromatic N) is 3. The van der Waals surface area contributed by atoms with Crippen molar-refractivity contribution >= 4 is 5.91 Å². The van der Waals surface area contributed by atoms with Gasteiger partial charge in [-0.05, 0) is 24.3 Å². The molecule has 5 heteroatoms. The van der Waals surface area contributed by atoms with E-state index in [1.165, 1.54) is 0 Å². The maximum Gasteiger partial charge on any atom is 0.248 e. The molecule has 0 aliphatic heterocycles. The number of nitrogens with two attached hydrogens (primary N) is 1. The van der Waals surface area contributed by atoms with Gasteiger partial charge in [0.05, 0.1) is 18.1 Å². The molecule has 0 atom stereocenters. The number of carbonyl (C=O) groups excluding carboxylic acids is 1. The number of amides is 1. The van der Waals surface area contributed by atoms with E-state index in [0.29, 0.717) is 5.56 Å². The maximum absolute atomic E-state index is 10.8. The average Bonchev–Trinajstić information content (AvgIpc) is 2.71. The SMILES string of the molecule is NC(=O)c1ccc(-n2ccnn2)cc1. The largest absolute Gasteiger partial charge is 0.366 e. The Bertz CT molecular complexity index is 432. The van der Waals surface area contributed by atoms with Gasteiger partial charge >= 0.3 is 0 Å². The van der Waals surface area contributed by atoms with Crippen LogP contribution in [0.4, 0.5) is 0 Å². The molecule has 0 saturated heterocycles. The number of carbonyl (C=O) groups is 1. The highest BCUT2D eigenvalue weighted by Gasteiger charge is 2.00. The van der Waals surface area contributed by atoms with Crippen molar-refractivity contribution in [1.29, 1.82) is 0 Å². The third-order valence-electron chi connectivity index (χ3n) is 1.84. The Morgan fingerprint density at radius 1 is 1.29 bits per heavy atom. The zero-order valence-electron chi connectivity index (χ0n) is 7.29. The third-order valence-corrected chi connectivity index (χ3v) is 1.84. The van der Waals surface area contributed by atoms with E-state index >= 15 is 0 Å². The molecule has 0 spiro atoms. The summed E-state index contributed by atoms with van der Waals surface area (Å²) in [7, 11) is 0. The molecular weight excluding hydrogens is 180 g/mol. The van der Waals surface area contributed by atoms with Crippen LogP contribution in [0.5, 0.6) is 0 Å². The lowest BCUT2D eigenvalue weighted by Crippen LogP contribution is -2.10. The van der Waals surface area contributed by atoms with Gasteiger partial charge in [0.25, 0.3) is 0 Å². The summed E-state index contributed by atoms with van der Waals surface area (Å²) in [5.74, 6) is -0.435. The molecule has 0 fully saturated rings. The molecule has 1 amide bonds. The van der Waals surface area contributed by atoms with Crippen molar-refractivity contribution in [3.63, 3.8) is 0 Å². The second-order valence-corrected chi connectivity index (χ2v) is 2.76. The van der Waals surface area contributed by atoms with Crippen molar-refractivity contribution in [2.45, 2.75) is 0 Å².